The van der Waals surface area contributed by atoms with Gasteiger partial charge >= 0.3 is 0 Å². The highest BCUT2D eigenvalue weighted by Crippen LogP contribution is 2.26. The van der Waals surface area contributed by atoms with E-state index < -0.39 is 6.10 Å². The average molecular weight is 286 g/mol. The molecule has 112 valence electrons. The van der Waals surface area contributed by atoms with E-state index in [1.165, 1.54) is 5.56 Å². The van der Waals surface area contributed by atoms with E-state index in [9.17, 15) is 5.11 Å². The number of aliphatic hydroxyl groups excluding tert-OH is 1. The zero-order valence-electron chi connectivity index (χ0n) is 12.6. The number of aryl methyl sites for hydroxylation is 1. The van der Waals surface area contributed by atoms with E-state index in [0.717, 1.165) is 17.7 Å². The van der Waals surface area contributed by atoms with Crippen LogP contribution in [0.1, 0.15) is 31.1 Å². The summed E-state index contributed by atoms with van der Waals surface area (Å²) >= 11 is 0. The standard InChI is InChI=1S/C18H22O3/c1-3-14-9-11-15(12-10-14)21-13-17(19)16-7-5-6-8-18(16)20-4-2/h5-12,17,19H,3-4,13H2,1-2H3. The minimum absolute atomic E-state index is 0.204. The van der Waals surface area contributed by atoms with Crippen molar-refractivity contribution in [3.63, 3.8) is 0 Å². The van der Waals surface area contributed by atoms with Crippen LogP contribution in [0.25, 0.3) is 0 Å². The van der Waals surface area contributed by atoms with Crippen molar-refractivity contribution in [3.8, 4) is 11.5 Å². The Morgan fingerprint density at radius 3 is 2.33 bits per heavy atom. The van der Waals surface area contributed by atoms with Crippen LogP contribution in [-0.2, 0) is 6.42 Å². The van der Waals surface area contributed by atoms with Crippen molar-refractivity contribution in [1.29, 1.82) is 0 Å². The molecule has 0 aromatic heterocycles. The van der Waals surface area contributed by atoms with Gasteiger partial charge in [-0.25, -0.2) is 0 Å². The molecule has 2 rings (SSSR count). The van der Waals surface area contributed by atoms with Crippen LogP contribution in [-0.4, -0.2) is 18.3 Å². The second kappa shape index (κ2) is 7.70. The molecule has 3 heteroatoms. The van der Waals surface area contributed by atoms with Gasteiger partial charge in [-0.3, -0.25) is 0 Å². The minimum Gasteiger partial charge on any atom is -0.493 e. The van der Waals surface area contributed by atoms with Gasteiger partial charge in [-0.2, -0.15) is 0 Å². The molecule has 1 atom stereocenters. The molecule has 0 fully saturated rings. The van der Waals surface area contributed by atoms with Gasteiger partial charge < -0.3 is 14.6 Å². The Balaban J connectivity index is 1.99. The number of benzene rings is 2. The summed E-state index contributed by atoms with van der Waals surface area (Å²) < 4.78 is 11.2. The van der Waals surface area contributed by atoms with E-state index in [0.29, 0.717) is 12.4 Å². The van der Waals surface area contributed by atoms with Crippen molar-refractivity contribution >= 4 is 0 Å². The van der Waals surface area contributed by atoms with Gasteiger partial charge in [0.25, 0.3) is 0 Å². The molecule has 0 aliphatic carbocycles. The molecule has 0 spiro atoms. The van der Waals surface area contributed by atoms with Crippen LogP contribution in [0.4, 0.5) is 0 Å². The maximum Gasteiger partial charge on any atom is 0.125 e. The fraction of sp³-hybridized carbons (Fsp3) is 0.333. The molecule has 0 saturated heterocycles. The SMILES string of the molecule is CCOc1ccccc1C(O)COc1ccc(CC)cc1. The van der Waals surface area contributed by atoms with E-state index >= 15 is 0 Å². The van der Waals surface area contributed by atoms with Crippen molar-refractivity contribution in [1.82, 2.24) is 0 Å². The first-order valence-electron chi connectivity index (χ1n) is 7.36. The van der Waals surface area contributed by atoms with Gasteiger partial charge in [-0.1, -0.05) is 37.3 Å². The van der Waals surface area contributed by atoms with Crippen LogP contribution in [0.5, 0.6) is 11.5 Å². The first kappa shape index (κ1) is 15.4. The Morgan fingerprint density at radius 1 is 0.952 bits per heavy atom. The highest BCUT2D eigenvalue weighted by Gasteiger charge is 2.13. The molecule has 1 N–H and O–H groups in total. The highest BCUT2D eigenvalue weighted by molar-refractivity contribution is 5.35. The van der Waals surface area contributed by atoms with E-state index in [1.807, 2.05) is 55.5 Å². The Bertz CT molecular complexity index is 549. The first-order chi connectivity index (χ1) is 10.2. The lowest BCUT2D eigenvalue weighted by Gasteiger charge is -2.16. The van der Waals surface area contributed by atoms with Crippen molar-refractivity contribution < 1.29 is 14.6 Å². The summed E-state index contributed by atoms with van der Waals surface area (Å²) in [4.78, 5) is 0. The lowest BCUT2D eigenvalue weighted by atomic mass is 10.1. The number of ether oxygens (including phenoxy) is 2. The third-order valence-corrected chi connectivity index (χ3v) is 3.32. The normalized spacial score (nSPS) is 12.0. The van der Waals surface area contributed by atoms with Gasteiger partial charge in [0.05, 0.1) is 6.61 Å². The minimum atomic E-state index is -0.710. The number of hydrogen-bond acceptors (Lipinski definition) is 3. The van der Waals surface area contributed by atoms with E-state index in [-0.39, 0.29) is 6.61 Å². The summed E-state index contributed by atoms with van der Waals surface area (Å²) in [6.07, 6.45) is 0.295. The van der Waals surface area contributed by atoms with Crippen molar-refractivity contribution in [2.45, 2.75) is 26.4 Å². The Kier molecular flexibility index (Phi) is 5.64. The van der Waals surface area contributed by atoms with Gasteiger partial charge in [0.15, 0.2) is 0 Å². The Hall–Kier alpha value is -2.00. The second-order valence-electron chi connectivity index (χ2n) is 4.80. The van der Waals surface area contributed by atoms with E-state index in [4.69, 9.17) is 9.47 Å². The number of aliphatic hydroxyl groups is 1. The largest absolute Gasteiger partial charge is 0.493 e. The molecule has 2 aromatic carbocycles. The summed E-state index contributed by atoms with van der Waals surface area (Å²) in [5, 5.41) is 10.3. The molecule has 0 heterocycles. The summed E-state index contributed by atoms with van der Waals surface area (Å²) in [6.45, 7) is 4.82. The van der Waals surface area contributed by atoms with Crippen LogP contribution < -0.4 is 9.47 Å². The molecule has 21 heavy (non-hydrogen) atoms. The molecule has 2 aromatic rings. The predicted molar refractivity (Wildman–Crippen MR) is 83.9 cm³/mol. The molecule has 0 saturated carbocycles. The zero-order chi connectivity index (χ0) is 15.1. The number of rotatable bonds is 7. The molecule has 0 radical (unpaired) electrons. The summed E-state index contributed by atoms with van der Waals surface area (Å²) in [5.74, 6) is 1.47. The third kappa shape index (κ3) is 4.23. The van der Waals surface area contributed by atoms with Crippen LogP contribution >= 0.6 is 0 Å². The molecular weight excluding hydrogens is 264 g/mol. The Labute approximate surface area is 126 Å². The van der Waals surface area contributed by atoms with Crippen molar-refractivity contribution in [2.75, 3.05) is 13.2 Å². The number of hydrogen-bond donors (Lipinski definition) is 1. The fourth-order valence-electron chi connectivity index (χ4n) is 2.13. The van der Waals surface area contributed by atoms with E-state index in [1.54, 1.807) is 0 Å². The fourth-order valence-corrected chi connectivity index (χ4v) is 2.13. The second-order valence-corrected chi connectivity index (χ2v) is 4.80. The summed E-state index contributed by atoms with van der Waals surface area (Å²) in [7, 11) is 0. The quantitative estimate of drug-likeness (QED) is 0.842. The molecule has 0 amide bonds. The van der Waals surface area contributed by atoms with Crippen molar-refractivity contribution in [2.24, 2.45) is 0 Å². The van der Waals surface area contributed by atoms with Crippen LogP contribution in [0.3, 0.4) is 0 Å². The summed E-state index contributed by atoms with van der Waals surface area (Å²) in [6, 6.07) is 15.4. The third-order valence-electron chi connectivity index (χ3n) is 3.32. The molecule has 0 aliphatic rings. The molecule has 1 unspecified atom stereocenters. The van der Waals surface area contributed by atoms with Crippen LogP contribution in [0.15, 0.2) is 48.5 Å². The van der Waals surface area contributed by atoms with Gasteiger partial charge in [0, 0.05) is 5.56 Å². The van der Waals surface area contributed by atoms with Gasteiger partial charge in [-0.05, 0) is 37.1 Å². The lowest BCUT2D eigenvalue weighted by molar-refractivity contribution is 0.105. The maximum atomic E-state index is 10.3. The van der Waals surface area contributed by atoms with Gasteiger partial charge in [-0.15, -0.1) is 0 Å². The smallest absolute Gasteiger partial charge is 0.125 e. The van der Waals surface area contributed by atoms with Gasteiger partial charge in [0.2, 0.25) is 0 Å². The first-order valence-corrected chi connectivity index (χ1v) is 7.36. The van der Waals surface area contributed by atoms with Crippen LogP contribution in [0, 0.1) is 0 Å². The predicted octanol–water partition coefficient (Wildman–Crippen LogP) is 3.76. The van der Waals surface area contributed by atoms with Crippen molar-refractivity contribution in [3.05, 3.63) is 59.7 Å². The zero-order valence-corrected chi connectivity index (χ0v) is 12.6. The lowest BCUT2D eigenvalue weighted by Crippen LogP contribution is -2.11. The molecular formula is C18H22O3. The van der Waals surface area contributed by atoms with Crippen LogP contribution in [0.2, 0.25) is 0 Å². The Morgan fingerprint density at radius 2 is 1.67 bits per heavy atom. The average Bonchev–Trinajstić information content (AvgIpc) is 2.54. The molecule has 0 bridgehead atoms. The summed E-state index contributed by atoms with van der Waals surface area (Å²) in [5.41, 5.74) is 2.02. The number of para-hydroxylation sites is 1. The van der Waals surface area contributed by atoms with E-state index in [2.05, 4.69) is 6.92 Å². The highest BCUT2D eigenvalue weighted by atomic mass is 16.5. The molecule has 3 nitrogen and oxygen atoms in total. The van der Waals surface area contributed by atoms with Gasteiger partial charge in [0.1, 0.15) is 24.2 Å². The monoisotopic (exact) mass is 286 g/mol. The molecule has 0 aliphatic heterocycles. The maximum absolute atomic E-state index is 10.3. The topological polar surface area (TPSA) is 38.7 Å².